The predicted octanol–water partition coefficient (Wildman–Crippen LogP) is 1.95. The molecule has 0 radical (unpaired) electrons. The molecule has 1 amide bonds. The van der Waals surface area contributed by atoms with E-state index in [1.165, 1.54) is 18.4 Å². The van der Waals surface area contributed by atoms with Crippen molar-refractivity contribution in [3.8, 4) is 0 Å². The lowest BCUT2D eigenvalue weighted by Gasteiger charge is -2.32. The average Bonchev–Trinajstić information content (AvgIpc) is 3.27. The third-order valence-corrected chi connectivity index (χ3v) is 4.89. The van der Waals surface area contributed by atoms with Crippen molar-refractivity contribution >= 4 is 11.7 Å². The lowest BCUT2D eigenvalue weighted by atomic mass is 9.85. The van der Waals surface area contributed by atoms with E-state index in [1.807, 2.05) is 6.07 Å². The molecule has 1 saturated carbocycles. The summed E-state index contributed by atoms with van der Waals surface area (Å²) >= 11 is 0. The summed E-state index contributed by atoms with van der Waals surface area (Å²) in [4.78, 5) is 17.4. The number of hydrogen-bond acceptors (Lipinski definition) is 3. The molecule has 1 spiro atoms. The summed E-state index contributed by atoms with van der Waals surface area (Å²) in [6, 6.07) is 8.72. The molecular weight excluding hydrogens is 262 g/mol. The van der Waals surface area contributed by atoms with Gasteiger partial charge in [0.05, 0.1) is 0 Å². The Morgan fingerprint density at radius 1 is 1.29 bits per heavy atom. The first-order chi connectivity index (χ1) is 10.2. The average molecular weight is 283 g/mol. The van der Waals surface area contributed by atoms with E-state index in [-0.39, 0.29) is 5.91 Å². The molecule has 1 saturated heterocycles. The van der Waals surface area contributed by atoms with Gasteiger partial charge in [0.15, 0.2) is 0 Å². The van der Waals surface area contributed by atoms with Crippen LogP contribution in [0.3, 0.4) is 0 Å². The molecule has 0 bridgehead atoms. The summed E-state index contributed by atoms with van der Waals surface area (Å²) in [5.41, 5.74) is 1.92. The lowest BCUT2D eigenvalue weighted by Crippen LogP contribution is -2.51. The van der Waals surface area contributed by atoms with Gasteiger partial charge in [0.25, 0.3) is 5.91 Å². The first-order valence-corrected chi connectivity index (χ1v) is 7.92. The maximum absolute atomic E-state index is 12.5. The number of rotatable bonds is 2. The second-order valence-electron chi connectivity index (χ2n) is 6.62. The van der Waals surface area contributed by atoms with Gasteiger partial charge in [-0.3, -0.25) is 9.79 Å². The lowest BCUT2D eigenvalue weighted by molar-refractivity contribution is -0.124. The Bertz CT molecular complexity index is 620. The number of hydrogen-bond donors (Lipinski definition) is 2. The van der Waals surface area contributed by atoms with Gasteiger partial charge in [0.2, 0.25) is 0 Å². The van der Waals surface area contributed by atoms with Crippen molar-refractivity contribution < 1.29 is 4.79 Å². The van der Waals surface area contributed by atoms with Gasteiger partial charge in [-0.05, 0) is 50.6 Å². The van der Waals surface area contributed by atoms with Crippen molar-refractivity contribution in [2.45, 2.75) is 50.1 Å². The largest absolute Gasteiger partial charge is 0.314 e. The minimum Gasteiger partial charge on any atom is -0.314 e. The van der Waals surface area contributed by atoms with Crippen molar-refractivity contribution in [2.75, 3.05) is 6.54 Å². The zero-order valence-corrected chi connectivity index (χ0v) is 12.4. The Labute approximate surface area is 125 Å². The SMILES string of the molecule is C[C@H]1C[C@@]2(CCN1)N=C(c1ccccc1C1CC1)NC2=O. The normalized spacial score (nSPS) is 32.1. The molecule has 2 N–H and O–H groups in total. The van der Waals surface area contributed by atoms with E-state index >= 15 is 0 Å². The molecule has 1 aliphatic carbocycles. The monoisotopic (exact) mass is 283 g/mol. The van der Waals surface area contributed by atoms with Crippen LogP contribution in [0, 0.1) is 0 Å². The summed E-state index contributed by atoms with van der Waals surface area (Å²) < 4.78 is 0. The molecule has 4 nitrogen and oxygen atoms in total. The van der Waals surface area contributed by atoms with Crippen molar-refractivity contribution in [1.82, 2.24) is 10.6 Å². The Balaban J connectivity index is 1.72. The maximum Gasteiger partial charge on any atom is 0.253 e. The Morgan fingerprint density at radius 2 is 2.10 bits per heavy atom. The van der Waals surface area contributed by atoms with Gasteiger partial charge >= 0.3 is 0 Å². The van der Waals surface area contributed by atoms with Crippen LogP contribution in [0.1, 0.15) is 49.7 Å². The van der Waals surface area contributed by atoms with Crippen molar-refractivity contribution in [3.63, 3.8) is 0 Å². The van der Waals surface area contributed by atoms with Gasteiger partial charge in [0.1, 0.15) is 11.4 Å². The van der Waals surface area contributed by atoms with Crippen LogP contribution in [0.5, 0.6) is 0 Å². The summed E-state index contributed by atoms with van der Waals surface area (Å²) in [5, 5.41) is 6.46. The second-order valence-corrected chi connectivity index (χ2v) is 6.62. The number of amidine groups is 1. The summed E-state index contributed by atoms with van der Waals surface area (Å²) in [6.07, 6.45) is 4.08. The Kier molecular flexibility index (Phi) is 2.89. The number of carbonyl (C=O) groups is 1. The molecule has 2 aliphatic heterocycles. The Hall–Kier alpha value is -1.68. The first kappa shape index (κ1) is 13.0. The summed E-state index contributed by atoms with van der Waals surface area (Å²) in [5.74, 6) is 1.53. The smallest absolute Gasteiger partial charge is 0.253 e. The molecule has 0 unspecified atom stereocenters. The summed E-state index contributed by atoms with van der Waals surface area (Å²) in [6.45, 7) is 2.98. The number of piperidine rings is 1. The number of carbonyl (C=O) groups excluding carboxylic acids is 1. The highest BCUT2D eigenvalue weighted by Crippen LogP contribution is 2.42. The number of amides is 1. The molecule has 4 heteroatoms. The number of nitrogens with one attached hydrogen (secondary N) is 2. The highest BCUT2D eigenvalue weighted by atomic mass is 16.2. The minimum absolute atomic E-state index is 0.0800. The third-order valence-electron chi connectivity index (χ3n) is 4.89. The molecule has 110 valence electrons. The van der Waals surface area contributed by atoms with Gasteiger partial charge in [-0.15, -0.1) is 0 Å². The van der Waals surface area contributed by atoms with E-state index in [0.717, 1.165) is 30.8 Å². The van der Waals surface area contributed by atoms with Crippen LogP contribution in [-0.2, 0) is 4.79 Å². The van der Waals surface area contributed by atoms with Crippen molar-refractivity contribution in [1.29, 1.82) is 0 Å². The Morgan fingerprint density at radius 3 is 2.86 bits per heavy atom. The highest BCUT2D eigenvalue weighted by molar-refractivity contribution is 6.16. The fourth-order valence-electron chi connectivity index (χ4n) is 3.62. The van der Waals surface area contributed by atoms with Crippen LogP contribution in [-0.4, -0.2) is 29.9 Å². The van der Waals surface area contributed by atoms with Crippen LogP contribution in [0.4, 0.5) is 0 Å². The molecule has 4 rings (SSSR count). The van der Waals surface area contributed by atoms with E-state index in [0.29, 0.717) is 12.0 Å². The molecule has 1 aromatic rings. The van der Waals surface area contributed by atoms with E-state index in [9.17, 15) is 4.79 Å². The van der Waals surface area contributed by atoms with Crippen LogP contribution in [0.25, 0.3) is 0 Å². The minimum atomic E-state index is -0.545. The standard InChI is InChI=1S/C17H21N3O/c1-11-10-17(8-9-18-11)16(21)19-15(20-17)14-5-3-2-4-13(14)12-6-7-12/h2-5,11-12,18H,6-10H2,1H3,(H,19,20,21)/t11-,17+/m0/s1. The zero-order valence-electron chi connectivity index (χ0n) is 12.4. The van der Waals surface area contributed by atoms with Crippen LogP contribution in [0.2, 0.25) is 0 Å². The first-order valence-electron chi connectivity index (χ1n) is 7.92. The molecule has 2 atom stereocenters. The summed E-state index contributed by atoms with van der Waals surface area (Å²) in [7, 11) is 0. The third kappa shape index (κ3) is 2.18. The molecule has 1 aromatic carbocycles. The van der Waals surface area contributed by atoms with Gasteiger partial charge in [-0.2, -0.15) is 0 Å². The quantitative estimate of drug-likeness (QED) is 0.871. The topological polar surface area (TPSA) is 53.5 Å². The van der Waals surface area contributed by atoms with E-state index in [4.69, 9.17) is 4.99 Å². The molecule has 2 fully saturated rings. The second kappa shape index (κ2) is 4.67. The molecule has 21 heavy (non-hydrogen) atoms. The maximum atomic E-state index is 12.5. The highest BCUT2D eigenvalue weighted by Gasteiger charge is 2.46. The zero-order chi connectivity index (χ0) is 14.4. The van der Waals surface area contributed by atoms with Gasteiger partial charge in [-0.1, -0.05) is 24.3 Å². The number of aliphatic imine (C=N–C) groups is 1. The molecular formula is C17H21N3O. The van der Waals surface area contributed by atoms with Crippen LogP contribution in [0.15, 0.2) is 29.3 Å². The fraction of sp³-hybridized carbons (Fsp3) is 0.529. The van der Waals surface area contributed by atoms with Gasteiger partial charge in [-0.25, -0.2) is 0 Å². The van der Waals surface area contributed by atoms with Crippen LogP contribution >= 0.6 is 0 Å². The molecule has 0 aromatic heterocycles. The van der Waals surface area contributed by atoms with E-state index in [2.05, 4.69) is 35.8 Å². The number of benzene rings is 1. The van der Waals surface area contributed by atoms with Crippen molar-refractivity contribution in [2.24, 2.45) is 4.99 Å². The van der Waals surface area contributed by atoms with Gasteiger partial charge in [0, 0.05) is 11.6 Å². The predicted molar refractivity (Wildman–Crippen MR) is 82.5 cm³/mol. The molecule has 3 aliphatic rings. The number of nitrogens with zero attached hydrogens (tertiary/aromatic N) is 1. The van der Waals surface area contributed by atoms with E-state index < -0.39 is 5.54 Å². The fourth-order valence-corrected chi connectivity index (χ4v) is 3.62. The van der Waals surface area contributed by atoms with Crippen LogP contribution < -0.4 is 10.6 Å². The van der Waals surface area contributed by atoms with Crippen molar-refractivity contribution in [3.05, 3.63) is 35.4 Å². The van der Waals surface area contributed by atoms with Gasteiger partial charge < -0.3 is 10.6 Å². The molecule has 2 heterocycles. The van der Waals surface area contributed by atoms with E-state index in [1.54, 1.807) is 0 Å².